The van der Waals surface area contributed by atoms with Crippen molar-refractivity contribution in [2.24, 2.45) is 4.99 Å². The van der Waals surface area contributed by atoms with Gasteiger partial charge in [-0.1, -0.05) is 38.1 Å². The summed E-state index contributed by atoms with van der Waals surface area (Å²) in [6.07, 6.45) is 3.16. The summed E-state index contributed by atoms with van der Waals surface area (Å²) in [5.41, 5.74) is 2.10. The number of nitrogens with one attached hydrogen (secondary N) is 3. The van der Waals surface area contributed by atoms with Gasteiger partial charge in [0.05, 0.1) is 6.26 Å². The highest BCUT2D eigenvalue weighted by Crippen LogP contribution is 2.15. The largest absolute Gasteiger partial charge is 0.356 e. The molecular weight excluding hydrogens is 475 g/mol. The lowest BCUT2D eigenvalue weighted by Crippen LogP contribution is -2.53. The van der Waals surface area contributed by atoms with E-state index in [-0.39, 0.29) is 24.0 Å². The van der Waals surface area contributed by atoms with Crippen molar-refractivity contribution >= 4 is 40.0 Å². The van der Waals surface area contributed by atoms with Crippen LogP contribution in [-0.4, -0.2) is 46.3 Å². The first-order chi connectivity index (χ1) is 12.0. The van der Waals surface area contributed by atoms with Gasteiger partial charge in [0.15, 0.2) is 5.96 Å². The predicted octanol–water partition coefficient (Wildman–Crippen LogP) is 2.85. The van der Waals surface area contributed by atoms with Gasteiger partial charge in [-0.25, -0.2) is 13.1 Å². The molecule has 3 N–H and O–H groups in total. The van der Waals surface area contributed by atoms with E-state index < -0.39 is 15.6 Å². The van der Waals surface area contributed by atoms with E-state index in [1.54, 1.807) is 7.05 Å². The van der Waals surface area contributed by atoms with Gasteiger partial charge in [-0.3, -0.25) is 4.99 Å². The number of halogens is 1. The zero-order valence-electron chi connectivity index (χ0n) is 17.3. The number of benzene rings is 1. The van der Waals surface area contributed by atoms with Crippen LogP contribution in [0.4, 0.5) is 0 Å². The van der Waals surface area contributed by atoms with Crippen LogP contribution in [0.5, 0.6) is 0 Å². The highest BCUT2D eigenvalue weighted by atomic mass is 127. The molecule has 0 heterocycles. The Hall–Kier alpha value is -0.870. The number of hydrogen-bond donors (Lipinski definition) is 3. The molecule has 0 aliphatic carbocycles. The molecular formula is C19H35IN4O2S. The second kappa shape index (κ2) is 11.9. The molecule has 8 heteroatoms. The van der Waals surface area contributed by atoms with Gasteiger partial charge in [0.2, 0.25) is 10.0 Å². The second-order valence-corrected chi connectivity index (χ2v) is 9.36. The Morgan fingerprint density at radius 1 is 1.15 bits per heavy atom. The van der Waals surface area contributed by atoms with Crippen molar-refractivity contribution in [3.63, 3.8) is 0 Å². The van der Waals surface area contributed by atoms with E-state index in [0.29, 0.717) is 18.4 Å². The molecule has 1 aromatic rings. The highest BCUT2D eigenvalue weighted by Gasteiger charge is 2.22. The van der Waals surface area contributed by atoms with Crippen molar-refractivity contribution in [3.05, 3.63) is 35.4 Å². The molecule has 0 radical (unpaired) electrons. The van der Waals surface area contributed by atoms with Crippen LogP contribution in [-0.2, 0) is 16.4 Å². The Kier molecular flexibility index (Phi) is 11.5. The third kappa shape index (κ3) is 11.5. The molecule has 0 unspecified atom stereocenters. The summed E-state index contributed by atoms with van der Waals surface area (Å²) < 4.78 is 25.4. The maximum absolute atomic E-state index is 11.4. The van der Waals surface area contributed by atoms with Crippen LogP contribution >= 0.6 is 24.0 Å². The SMILES string of the molecule is CN=C(NCCCc1ccc(C(C)C)cc1)NCC(C)(C)NS(C)(=O)=O.I. The van der Waals surface area contributed by atoms with Gasteiger partial charge in [-0.15, -0.1) is 24.0 Å². The zero-order chi connectivity index (χ0) is 19.8. The minimum atomic E-state index is -3.25. The van der Waals surface area contributed by atoms with Crippen molar-refractivity contribution in [2.75, 3.05) is 26.4 Å². The molecule has 0 spiro atoms. The fourth-order valence-electron chi connectivity index (χ4n) is 2.63. The third-order valence-electron chi connectivity index (χ3n) is 3.96. The summed E-state index contributed by atoms with van der Waals surface area (Å²) in [5.74, 6) is 1.23. The van der Waals surface area contributed by atoms with E-state index in [9.17, 15) is 8.42 Å². The first kappa shape index (κ1) is 26.1. The van der Waals surface area contributed by atoms with Crippen molar-refractivity contribution in [1.82, 2.24) is 15.4 Å². The van der Waals surface area contributed by atoms with E-state index in [1.165, 1.54) is 11.1 Å². The van der Waals surface area contributed by atoms with E-state index in [2.05, 4.69) is 58.5 Å². The number of nitrogens with zero attached hydrogens (tertiary/aromatic N) is 1. The molecule has 0 bridgehead atoms. The van der Waals surface area contributed by atoms with E-state index in [4.69, 9.17) is 0 Å². The molecule has 0 saturated carbocycles. The summed E-state index contributed by atoms with van der Waals surface area (Å²) in [6, 6.07) is 8.79. The van der Waals surface area contributed by atoms with Crippen molar-refractivity contribution in [3.8, 4) is 0 Å². The standard InChI is InChI=1S/C19H34N4O2S.HI/c1-15(2)17-11-9-16(10-12-17)8-7-13-21-18(20-5)22-14-19(3,4)23-26(6,24)25;/h9-12,15,23H,7-8,13-14H2,1-6H3,(H2,20,21,22);1H. The number of guanidine groups is 1. The van der Waals surface area contributed by atoms with Gasteiger partial charge in [0, 0.05) is 25.7 Å². The van der Waals surface area contributed by atoms with Crippen molar-refractivity contribution in [1.29, 1.82) is 0 Å². The normalized spacial score (nSPS) is 12.6. The second-order valence-electron chi connectivity index (χ2n) is 7.61. The fraction of sp³-hybridized carbons (Fsp3) is 0.632. The Morgan fingerprint density at radius 2 is 1.74 bits per heavy atom. The third-order valence-corrected chi connectivity index (χ3v) is 4.89. The topological polar surface area (TPSA) is 82.6 Å². The molecule has 1 rings (SSSR count). The lowest BCUT2D eigenvalue weighted by molar-refractivity contribution is 0.446. The molecule has 0 aliphatic rings. The number of hydrogen-bond acceptors (Lipinski definition) is 3. The van der Waals surface area contributed by atoms with Crippen molar-refractivity contribution < 1.29 is 8.42 Å². The van der Waals surface area contributed by atoms with Gasteiger partial charge in [-0.05, 0) is 43.7 Å². The predicted molar refractivity (Wildman–Crippen MR) is 126 cm³/mol. The first-order valence-electron chi connectivity index (χ1n) is 9.05. The lowest BCUT2D eigenvalue weighted by atomic mass is 10.0. The Morgan fingerprint density at radius 3 is 2.22 bits per heavy atom. The molecule has 27 heavy (non-hydrogen) atoms. The summed E-state index contributed by atoms with van der Waals surface area (Å²) in [4.78, 5) is 4.18. The Labute approximate surface area is 182 Å². The number of sulfonamides is 1. The quantitative estimate of drug-likeness (QED) is 0.207. The first-order valence-corrected chi connectivity index (χ1v) is 10.9. The van der Waals surface area contributed by atoms with E-state index >= 15 is 0 Å². The smallest absolute Gasteiger partial charge is 0.209 e. The average molecular weight is 510 g/mol. The van der Waals surface area contributed by atoms with Crippen LogP contribution in [0, 0.1) is 0 Å². The molecule has 0 aliphatic heterocycles. The molecule has 0 saturated heterocycles. The Bertz CT molecular complexity index is 686. The van der Waals surface area contributed by atoms with Crippen LogP contribution in [0.25, 0.3) is 0 Å². The molecule has 6 nitrogen and oxygen atoms in total. The van der Waals surface area contributed by atoms with Crippen LogP contribution in [0.2, 0.25) is 0 Å². The molecule has 1 aromatic carbocycles. The monoisotopic (exact) mass is 510 g/mol. The molecule has 0 aromatic heterocycles. The minimum Gasteiger partial charge on any atom is -0.356 e. The fourth-order valence-corrected chi connectivity index (χ4v) is 3.71. The van der Waals surface area contributed by atoms with Crippen molar-refractivity contribution in [2.45, 2.75) is 52.0 Å². The average Bonchev–Trinajstić information content (AvgIpc) is 2.52. The minimum absolute atomic E-state index is 0. The number of aryl methyl sites for hydroxylation is 1. The van der Waals surface area contributed by atoms with Gasteiger partial charge in [0.1, 0.15) is 0 Å². The maximum Gasteiger partial charge on any atom is 0.209 e. The Balaban J connectivity index is 0.00000676. The van der Waals surface area contributed by atoms with Crippen LogP contribution in [0.15, 0.2) is 29.3 Å². The van der Waals surface area contributed by atoms with Crippen LogP contribution in [0.1, 0.15) is 51.2 Å². The summed E-state index contributed by atoms with van der Waals surface area (Å²) in [7, 11) is -1.54. The van der Waals surface area contributed by atoms with E-state index in [0.717, 1.165) is 25.6 Å². The highest BCUT2D eigenvalue weighted by molar-refractivity contribution is 14.0. The van der Waals surface area contributed by atoms with Gasteiger partial charge in [-0.2, -0.15) is 0 Å². The molecule has 0 amide bonds. The van der Waals surface area contributed by atoms with Crippen LogP contribution in [0.3, 0.4) is 0 Å². The van der Waals surface area contributed by atoms with E-state index in [1.807, 2.05) is 13.8 Å². The zero-order valence-corrected chi connectivity index (χ0v) is 20.4. The summed E-state index contributed by atoms with van der Waals surface area (Å²) in [5, 5.41) is 6.43. The number of rotatable bonds is 9. The lowest BCUT2D eigenvalue weighted by Gasteiger charge is -2.26. The summed E-state index contributed by atoms with van der Waals surface area (Å²) >= 11 is 0. The molecule has 0 fully saturated rings. The number of aliphatic imine (C=N–C) groups is 1. The molecule has 156 valence electrons. The van der Waals surface area contributed by atoms with Gasteiger partial charge in [0.25, 0.3) is 0 Å². The van der Waals surface area contributed by atoms with Crippen LogP contribution < -0.4 is 15.4 Å². The molecule has 0 atom stereocenters. The maximum atomic E-state index is 11.4. The van der Waals surface area contributed by atoms with Gasteiger partial charge >= 0.3 is 0 Å². The van der Waals surface area contributed by atoms with Gasteiger partial charge < -0.3 is 10.6 Å². The summed E-state index contributed by atoms with van der Waals surface area (Å²) in [6.45, 7) is 9.29.